The summed E-state index contributed by atoms with van der Waals surface area (Å²) in [7, 11) is 0. The second-order valence-corrected chi connectivity index (χ2v) is 4.92. The van der Waals surface area contributed by atoms with E-state index in [2.05, 4.69) is 10.3 Å². The molecule has 0 radical (unpaired) electrons. The summed E-state index contributed by atoms with van der Waals surface area (Å²) in [5.41, 5.74) is -0.243. The van der Waals surface area contributed by atoms with E-state index in [1.54, 1.807) is 0 Å². The van der Waals surface area contributed by atoms with Crippen LogP contribution in [-0.4, -0.2) is 35.6 Å². The van der Waals surface area contributed by atoms with E-state index in [1.165, 1.54) is 0 Å². The maximum atomic E-state index is 11.9. The molecule has 1 N–H and O–H groups in total. The normalized spacial score (nSPS) is 17.9. The number of nitro groups is 1. The lowest BCUT2D eigenvalue weighted by Crippen LogP contribution is -2.26. The van der Waals surface area contributed by atoms with Crippen molar-refractivity contribution >= 4 is 23.2 Å². The Kier molecular flexibility index (Phi) is 4.86. The number of carbonyl (C=O) groups excluding carboxylic acids is 1. The van der Waals surface area contributed by atoms with Crippen molar-refractivity contribution in [1.82, 2.24) is 10.3 Å². The molecule has 108 valence electrons. The fraction of sp³-hybridized carbons (Fsp3) is 0.500. The van der Waals surface area contributed by atoms with Crippen LogP contribution in [0.3, 0.4) is 0 Å². The molecule has 20 heavy (non-hydrogen) atoms. The number of nitrogens with one attached hydrogen (secondary N) is 1. The van der Waals surface area contributed by atoms with Gasteiger partial charge in [0.2, 0.25) is 0 Å². The molecule has 1 amide bonds. The molecule has 8 heteroatoms. The minimum Gasteiger partial charge on any atom is -0.381 e. The fourth-order valence-corrected chi connectivity index (χ4v) is 2.18. The van der Waals surface area contributed by atoms with Crippen molar-refractivity contribution in [3.05, 3.63) is 33.1 Å². The van der Waals surface area contributed by atoms with Gasteiger partial charge in [-0.15, -0.1) is 0 Å². The first-order valence-corrected chi connectivity index (χ1v) is 6.61. The highest BCUT2D eigenvalue weighted by atomic mass is 35.5. The van der Waals surface area contributed by atoms with Gasteiger partial charge in [0.1, 0.15) is 11.3 Å². The lowest BCUT2D eigenvalue weighted by Gasteiger charge is -2.09. The van der Waals surface area contributed by atoms with Crippen molar-refractivity contribution in [2.24, 2.45) is 5.92 Å². The Morgan fingerprint density at radius 2 is 2.45 bits per heavy atom. The summed E-state index contributed by atoms with van der Waals surface area (Å²) in [6.45, 7) is 1.96. The predicted molar refractivity (Wildman–Crippen MR) is 71.8 cm³/mol. The second kappa shape index (κ2) is 6.62. The van der Waals surface area contributed by atoms with Crippen LogP contribution in [0.25, 0.3) is 0 Å². The monoisotopic (exact) mass is 299 g/mol. The number of carbonyl (C=O) groups is 1. The Morgan fingerprint density at radius 1 is 1.65 bits per heavy atom. The van der Waals surface area contributed by atoms with Crippen LogP contribution < -0.4 is 5.32 Å². The van der Waals surface area contributed by atoms with Crippen LogP contribution in [0.5, 0.6) is 0 Å². The van der Waals surface area contributed by atoms with Crippen LogP contribution in [0.4, 0.5) is 5.69 Å². The van der Waals surface area contributed by atoms with E-state index in [9.17, 15) is 14.9 Å². The topological polar surface area (TPSA) is 94.4 Å². The number of pyridine rings is 1. The van der Waals surface area contributed by atoms with E-state index in [0.717, 1.165) is 38.3 Å². The zero-order chi connectivity index (χ0) is 14.5. The van der Waals surface area contributed by atoms with Crippen LogP contribution in [0, 0.1) is 16.0 Å². The molecule has 1 saturated heterocycles. The van der Waals surface area contributed by atoms with Crippen molar-refractivity contribution in [2.45, 2.75) is 12.8 Å². The number of nitrogens with zero attached hydrogens (tertiary/aromatic N) is 2. The average Bonchev–Trinajstić information content (AvgIpc) is 2.92. The number of ether oxygens (including phenoxy) is 1. The summed E-state index contributed by atoms with van der Waals surface area (Å²) in [5.74, 6) is -0.000813. The van der Waals surface area contributed by atoms with E-state index in [0.29, 0.717) is 12.5 Å². The van der Waals surface area contributed by atoms with Crippen LogP contribution in [0.15, 0.2) is 12.3 Å². The van der Waals surface area contributed by atoms with Gasteiger partial charge in [-0.1, -0.05) is 11.6 Å². The molecule has 0 aromatic carbocycles. The molecule has 1 unspecified atom stereocenters. The molecule has 0 saturated carbocycles. The van der Waals surface area contributed by atoms with Gasteiger partial charge in [0.15, 0.2) is 0 Å². The smallest absolute Gasteiger partial charge is 0.288 e. The standard InChI is InChI=1S/C12H14ClN3O4/c13-11-10(5-9(6-15-11)16(18)19)12(17)14-3-1-8-2-4-20-7-8/h5-6,8H,1-4,7H2,(H,14,17). The second-order valence-electron chi connectivity index (χ2n) is 4.56. The van der Waals surface area contributed by atoms with Gasteiger partial charge in [-0.2, -0.15) is 0 Å². The van der Waals surface area contributed by atoms with E-state index in [-0.39, 0.29) is 16.4 Å². The largest absolute Gasteiger partial charge is 0.381 e. The molecular formula is C12H14ClN3O4. The third kappa shape index (κ3) is 3.64. The Hall–Kier alpha value is -1.73. The quantitative estimate of drug-likeness (QED) is 0.508. The Morgan fingerprint density at radius 3 is 3.10 bits per heavy atom. The van der Waals surface area contributed by atoms with Gasteiger partial charge in [0.05, 0.1) is 10.5 Å². The fourth-order valence-electron chi connectivity index (χ4n) is 1.99. The summed E-state index contributed by atoms with van der Waals surface area (Å²) in [6, 6.07) is 1.13. The molecule has 1 aliphatic heterocycles. The van der Waals surface area contributed by atoms with Crippen molar-refractivity contribution in [1.29, 1.82) is 0 Å². The van der Waals surface area contributed by atoms with Gasteiger partial charge in [-0.3, -0.25) is 14.9 Å². The van der Waals surface area contributed by atoms with Gasteiger partial charge in [-0.25, -0.2) is 4.98 Å². The summed E-state index contributed by atoms with van der Waals surface area (Å²) >= 11 is 5.79. The van der Waals surface area contributed by atoms with E-state index in [1.807, 2.05) is 0 Å². The maximum Gasteiger partial charge on any atom is 0.288 e. The number of hydrogen-bond donors (Lipinski definition) is 1. The van der Waals surface area contributed by atoms with Gasteiger partial charge in [-0.05, 0) is 18.8 Å². The number of halogens is 1. The van der Waals surface area contributed by atoms with E-state index in [4.69, 9.17) is 16.3 Å². The Bertz CT molecular complexity index is 517. The highest BCUT2D eigenvalue weighted by molar-refractivity contribution is 6.32. The molecule has 0 bridgehead atoms. The first-order valence-electron chi connectivity index (χ1n) is 6.24. The summed E-state index contributed by atoms with van der Waals surface area (Å²) < 4.78 is 5.24. The Labute approximate surface area is 120 Å². The summed E-state index contributed by atoms with van der Waals surface area (Å²) in [4.78, 5) is 25.6. The molecule has 7 nitrogen and oxygen atoms in total. The molecule has 2 heterocycles. The maximum absolute atomic E-state index is 11.9. The molecule has 1 aliphatic rings. The van der Waals surface area contributed by atoms with Crippen molar-refractivity contribution in [2.75, 3.05) is 19.8 Å². The highest BCUT2D eigenvalue weighted by Crippen LogP contribution is 2.19. The van der Waals surface area contributed by atoms with E-state index < -0.39 is 10.8 Å². The van der Waals surface area contributed by atoms with Crippen LogP contribution in [-0.2, 0) is 4.74 Å². The number of hydrogen-bond acceptors (Lipinski definition) is 5. The molecule has 2 rings (SSSR count). The van der Waals surface area contributed by atoms with Crippen LogP contribution >= 0.6 is 11.6 Å². The van der Waals surface area contributed by atoms with Crippen molar-refractivity contribution in [3.63, 3.8) is 0 Å². The molecule has 1 atom stereocenters. The lowest BCUT2D eigenvalue weighted by molar-refractivity contribution is -0.385. The minimum atomic E-state index is -0.615. The summed E-state index contributed by atoms with van der Waals surface area (Å²) in [6.07, 6.45) is 2.83. The number of aromatic nitrogens is 1. The third-order valence-electron chi connectivity index (χ3n) is 3.14. The van der Waals surface area contributed by atoms with Gasteiger partial charge in [0, 0.05) is 25.8 Å². The first-order chi connectivity index (χ1) is 9.58. The number of amides is 1. The highest BCUT2D eigenvalue weighted by Gasteiger charge is 2.18. The molecule has 0 spiro atoms. The first kappa shape index (κ1) is 14.7. The Balaban J connectivity index is 1.94. The summed E-state index contributed by atoms with van der Waals surface area (Å²) in [5, 5.41) is 13.3. The minimum absolute atomic E-state index is 0.0172. The molecular weight excluding hydrogens is 286 g/mol. The zero-order valence-corrected chi connectivity index (χ0v) is 11.4. The van der Waals surface area contributed by atoms with Crippen LogP contribution in [0.2, 0.25) is 5.15 Å². The van der Waals surface area contributed by atoms with Gasteiger partial charge >= 0.3 is 0 Å². The zero-order valence-electron chi connectivity index (χ0n) is 10.7. The lowest BCUT2D eigenvalue weighted by atomic mass is 10.1. The molecule has 1 fully saturated rings. The van der Waals surface area contributed by atoms with Gasteiger partial charge < -0.3 is 10.1 Å². The average molecular weight is 300 g/mol. The van der Waals surface area contributed by atoms with E-state index >= 15 is 0 Å². The predicted octanol–water partition coefficient (Wildman–Crippen LogP) is 1.80. The van der Waals surface area contributed by atoms with Crippen LogP contribution in [0.1, 0.15) is 23.2 Å². The molecule has 1 aromatic heterocycles. The SMILES string of the molecule is O=C(NCCC1CCOC1)c1cc([N+](=O)[O-])cnc1Cl. The van der Waals surface area contributed by atoms with Gasteiger partial charge in [0.25, 0.3) is 11.6 Å². The third-order valence-corrected chi connectivity index (χ3v) is 3.44. The van der Waals surface area contributed by atoms with Crippen molar-refractivity contribution in [3.8, 4) is 0 Å². The molecule has 1 aromatic rings. The molecule has 0 aliphatic carbocycles. The number of rotatable bonds is 5. The van der Waals surface area contributed by atoms with Crippen molar-refractivity contribution < 1.29 is 14.5 Å².